The molecule has 14 heavy (non-hydrogen) atoms. The van der Waals surface area contributed by atoms with E-state index < -0.39 is 0 Å². The summed E-state index contributed by atoms with van der Waals surface area (Å²) in [5.74, 6) is -0.196. The summed E-state index contributed by atoms with van der Waals surface area (Å²) in [7, 11) is 1.90. The quantitative estimate of drug-likeness (QED) is 0.871. The standard InChI is InChI=1S/C11H15BrFN/c1-3-5-10(14-2)8-6-4-7-9(13)11(8)12/h4,6-7,10,14H,3,5H2,1-2H3. The first-order valence-corrected chi connectivity index (χ1v) is 5.61. The Labute approximate surface area is 92.8 Å². The maximum absolute atomic E-state index is 13.2. The van der Waals surface area contributed by atoms with Gasteiger partial charge in [0.2, 0.25) is 0 Å². The third kappa shape index (κ3) is 2.55. The molecule has 0 saturated heterocycles. The smallest absolute Gasteiger partial charge is 0.137 e. The normalized spacial score (nSPS) is 12.9. The zero-order valence-electron chi connectivity index (χ0n) is 8.48. The van der Waals surface area contributed by atoms with Crippen molar-refractivity contribution in [3.05, 3.63) is 34.1 Å². The minimum atomic E-state index is -0.196. The summed E-state index contributed by atoms with van der Waals surface area (Å²) in [5.41, 5.74) is 0.995. The molecular weight excluding hydrogens is 245 g/mol. The van der Waals surface area contributed by atoms with E-state index in [1.807, 2.05) is 13.1 Å². The third-order valence-corrected chi connectivity index (χ3v) is 3.12. The molecule has 0 aromatic heterocycles. The van der Waals surface area contributed by atoms with Crippen LogP contribution in [0, 0.1) is 5.82 Å². The van der Waals surface area contributed by atoms with E-state index in [0.29, 0.717) is 4.47 Å². The van der Waals surface area contributed by atoms with Crippen molar-refractivity contribution in [2.75, 3.05) is 7.05 Å². The average molecular weight is 260 g/mol. The van der Waals surface area contributed by atoms with Crippen LogP contribution >= 0.6 is 15.9 Å². The molecule has 0 amide bonds. The summed E-state index contributed by atoms with van der Waals surface area (Å²) in [4.78, 5) is 0. The topological polar surface area (TPSA) is 12.0 Å². The summed E-state index contributed by atoms with van der Waals surface area (Å²) in [6, 6.07) is 5.39. The molecule has 3 heteroatoms. The van der Waals surface area contributed by atoms with Gasteiger partial charge in [0, 0.05) is 6.04 Å². The molecule has 0 aliphatic heterocycles. The number of hydrogen-bond acceptors (Lipinski definition) is 1. The number of hydrogen-bond donors (Lipinski definition) is 1. The largest absolute Gasteiger partial charge is 0.313 e. The third-order valence-electron chi connectivity index (χ3n) is 2.28. The highest BCUT2D eigenvalue weighted by Crippen LogP contribution is 2.28. The predicted molar refractivity (Wildman–Crippen MR) is 60.8 cm³/mol. The molecule has 0 bridgehead atoms. The number of nitrogens with one attached hydrogen (secondary N) is 1. The van der Waals surface area contributed by atoms with E-state index >= 15 is 0 Å². The van der Waals surface area contributed by atoms with Crippen LogP contribution < -0.4 is 5.32 Å². The van der Waals surface area contributed by atoms with Crippen molar-refractivity contribution in [2.45, 2.75) is 25.8 Å². The molecule has 0 aliphatic rings. The molecule has 0 heterocycles. The number of halogens is 2. The highest BCUT2D eigenvalue weighted by Gasteiger charge is 2.13. The van der Waals surface area contributed by atoms with Gasteiger partial charge in [-0.25, -0.2) is 4.39 Å². The van der Waals surface area contributed by atoms with Gasteiger partial charge >= 0.3 is 0 Å². The van der Waals surface area contributed by atoms with Gasteiger partial charge in [0.15, 0.2) is 0 Å². The Morgan fingerprint density at radius 2 is 2.21 bits per heavy atom. The Bertz CT molecular complexity index is 301. The summed E-state index contributed by atoms with van der Waals surface area (Å²) < 4.78 is 13.8. The second kappa shape index (κ2) is 5.47. The van der Waals surface area contributed by atoms with Gasteiger partial charge in [-0.1, -0.05) is 25.5 Å². The van der Waals surface area contributed by atoms with Gasteiger partial charge in [0.1, 0.15) is 5.82 Å². The number of benzene rings is 1. The SMILES string of the molecule is CCCC(NC)c1cccc(F)c1Br. The maximum atomic E-state index is 13.2. The van der Waals surface area contributed by atoms with Crippen LogP contribution in [0.4, 0.5) is 4.39 Å². The molecule has 0 aliphatic carbocycles. The van der Waals surface area contributed by atoms with Crippen molar-refractivity contribution in [3.63, 3.8) is 0 Å². The first-order valence-electron chi connectivity index (χ1n) is 4.81. The molecule has 0 saturated carbocycles. The van der Waals surface area contributed by atoms with Crippen LogP contribution in [0.15, 0.2) is 22.7 Å². The van der Waals surface area contributed by atoms with Crippen molar-refractivity contribution >= 4 is 15.9 Å². The molecule has 0 spiro atoms. The van der Waals surface area contributed by atoms with Crippen LogP contribution in [0.5, 0.6) is 0 Å². The van der Waals surface area contributed by atoms with Crippen LogP contribution in [0.3, 0.4) is 0 Å². The molecule has 0 fully saturated rings. The molecule has 1 atom stereocenters. The summed E-state index contributed by atoms with van der Waals surface area (Å²) in [6.07, 6.45) is 2.09. The van der Waals surface area contributed by atoms with Gasteiger partial charge in [0.05, 0.1) is 4.47 Å². The maximum Gasteiger partial charge on any atom is 0.137 e. The molecule has 78 valence electrons. The molecule has 0 radical (unpaired) electrons. The lowest BCUT2D eigenvalue weighted by atomic mass is 10.0. The molecule has 1 unspecified atom stereocenters. The summed E-state index contributed by atoms with van der Waals surface area (Å²) in [5, 5.41) is 3.19. The summed E-state index contributed by atoms with van der Waals surface area (Å²) in [6.45, 7) is 2.12. The monoisotopic (exact) mass is 259 g/mol. The van der Waals surface area contributed by atoms with Crippen molar-refractivity contribution in [2.24, 2.45) is 0 Å². The van der Waals surface area contributed by atoms with Crippen LogP contribution in [0.25, 0.3) is 0 Å². The minimum Gasteiger partial charge on any atom is -0.313 e. The molecule has 1 N–H and O–H groups in total. The zero-order chi connectivity index (χ0) is 10.6. The van der Waals surface area contributed by atoms with Crippen LogP contribution in [0.1, 0.15) is 31.4 Å². The van der Waals surface area contributed by atoms with Gasteiger partial charge in [-0.05, 0) is 41.0 Å². The van der Waals surface area contributed by atoms with E-state index in [1.165, 1.54) is 6.07 Å². The van der Waals surface area contributed by atoms with E-state index in [2.05, 4.69) is 28.2 Å². The molecule has 1 aromatic rings. The average Bonchev–Trinajstić information content (AvgIpc) is 2.19. The lowest BCUT2D eigenvalue weighted by Crippen LogP contribution is -2.16. The summed E-state index contributed by atoms with van der Waals surface area (Å²) >= 11 is 3.28. The zero-order valence-corrected chi connectivity index (χ0v) is 10.1. The highest BCUT2D eigenvalue weighted by molar-refractivity contribution is 9.10. The lowest BCUT2D eigenvalue weighted by Gasteiger charge is -2.17. The highest BCUT2D eigenvalue weighted by atomic mass is 79.9. The Hall–Kier alpha value is -0.410. The Balaban J connectivity index is 2.97. The van der Waals surface area contributed by atoms with Gasteiger partial charge in [-0.2, -0.15) is 0 Å². The van der Waals surface area contributed by atoms with E-state index in [1.54, 1.807) is 6.07 Å². The van der Waals surface area contributed by atoms with Crippen LogP contribution in [-0.2, 0) is 0 Å². The molecule has 1 nitrogen and oxygen atoms in total. The van der Waals surface area contributed by atoms with E-state index in [-0.39, 0.29) is 11.9 Å². The predicted octanol–water partition coefficient (Wildman–Crippen LogP) is 3.65. The lowest BCUT2D eigenvalue weighted by molar-refractivity contribution is 0.531. The number of rotatable bonds is 4. The second-order valence-corrected chi connectivity index (χ2v) is 4.07. The first kappa shape index (κ1) is 11.7. The van der Waals surface area contributed by atoms with Crippen molar-refractivity contribution in [3.8, 4) is 0 Å². The van der Waals surface area contributed by atoms with Crippen molar-refractivity contribution in [1.82, 2.24) is 5.32 Å². The van der Waals surface area contributed by atoms with Crippen molar-refractivity contribution < 1.29 is 4.39 Å². The fourth-order valence-electron chi connectivity index (χ4n) is 1.53. The minimum absolute atomic E-state index is 0.196. The van der Waals surface area contributed by atoms with Crippen LogP contribution in [0.2, 0.25) is 0 Å². The fourth-order valence-corrected chi connectivity index (χ4v) is 2.07. The molecular formula is C11H15BrFN. The second-order valence-electron chi connectivity index (χ2n) is 3.27. The fraction of sp³-hybridized carbons (Fsp3) is 0.455. The van der Waals surface area contributed by atoms with Gasteiger partial charge in [-0.3, -0.25) is 0 Å². The Morgan fingerprint density at radius 3 is 2.79 bits per heavy atom. The molecule has 1 aromatic carbocycles. The van der Waals surface area contributed by atoms with E-state index in [4.69, 9.17) is 0 Å². The molecule has 1 rings (SSSR count). The van der Waals surface area contributed by atoms with Gasteiger partial charge in [0.25, 0.3) is 0 Å². The van der Waals surface area contributed by atoms with Gasteiger partial charge in [-0.15, -0.1) is 0 Å². The van der Waals surface area contributed by atoms with E-state index in [9.17, 15) is 4.39 Å². The Kier molecular flexibility index (Phi) is 4.55. The van der Waals surface area contributed by atoms with E-state index in [0.717, 1.165) is 18.4 Å². The van der Waals surface area contributed by atoms with Crippen molar-refractivity contribution in [1.29, 1.82) is 0 Å². The van der Waals surface area contributed by atoms with Crippen LogP contribution in [-0.4, -0.2) is 7.05 Å². The Morgan fingerprint density at radius 1 is 1.50 bits per heavy atom. The first-order chi connectivity index (χ1) is 6.70. The van der Waals surface area contributed by atoms with Gasteiger partial charge < -0.3 is 5.32 Å².